The van der Waals surface area contributed by atoms with E-state index in [4.69, 9.17) is 5.11 Å². The number of carboxylic acids is 1. The molecule has 0 heterocycles. The third-order valence-corrected chi connectivity index (χ3v) is 2.05. The van der Waals surface area contributed by atoms with E-state index in [9.17, 15) is 18.0 Å². The maximum Gasteiger partial charge on any atom is 0.421 e. The molecule has 14 heavy (non-hydrogen) atoms. The summed E-state index contributed by atoms with van der Waals surface area (Å²) in [7, 11) is -3.02. The highest BCUT2D eigenvalue weighted by Gasteiger charge is 2.13. The second kappa shape index (κ2) is 5.40. The van der Waals surface area contributed by atoms with Gasteiger partial charge >= 0.3 is 22.3 Å². The first kappa shape index (κ1) is 12.7. The number of carboxylic acid groups (broad SMARTS) is 1. The summed E-state index contributed by atoms with van der Waals surface area (Å²) >= 11 is 0. The molecule has 0 radical (unpaired) electrons. The number of rotatable bonds is 5. The molecule has 0 aromatic rings. The van der Waals surface area contributed by atoms with Gasteiger partial charge in [0, 0.05) is 6.54 Å². The van der Waals surface area contributed by atoms with E-state index in [2.05, 4.69) is 4.74 Å². The van der Waals surface area contributed by atoms with Gasteiger partial charge in [-0.1, -0.05) is 0 Å². The van der Waals surface area contributed by atoms with Crippen LogP contribution in [0.4, 0.5) is 4.79 Å². The van der Waals surface area contributed by atoms with E-state index >= 15 is 0 Å². The fourth-order valence-corrected chi connectivity index (χ4v) is 1.23. The Bertz CT molecular complexity index is 310. The average Bonchev–Trinajstić information content (AvgIpc) is 2.02. The van der Waals surface area contributed by atoms with Crippen molar-refractivity contribution in [3.63, 3.8) is 0 Å². The summed E-state index contributed by atoms with van der Waals surface area (Å²) in [5.41, 5.74) is 0. The van der Waals surface area contributed by atoms with Crippen molar-refractivity contribution in [3.8, 4) is 0 Å². The Morgan fingerprint density at radius 3 is 2.43 bits per heavy atom. The summed E-state index contributed by atoms with van der Waals surface area (Å²) in [5.74, 6) is -1.15. The first-order valence-electron chi connectivity index (χ1n) is 3.44. The molecule has 8 nitrogen and oxygen atoms in total. The molecule has 0 saturated heterocycles. The van der Waals surface area contributed by atoms with Crippen LogP contribution in [0.15, 0.2) is 0 Å². The molecule has 9 heteroatoms. The molecule has 82 valence electrons. The summed E-state index contributed by atoms with van der Waals surface area (Å²) in [6, 6.07) is 0. The van der Waals surface area contributed by atoms with Crippen LogP contribution in [0.2, 0.25) is 0 Å². The highest BCUT2D eigenvalue weighted by Crippen LogP contribution is 1.82. The largest absolute Gasteiger partial charge is 0.481 e. The summed E-state index contributed by atoms with van der Waals surface area (Å²) in [4.78, 5) is 20.5. The van der Waals surface area contributed by atoms with Crippen LogP contribution in [0.5, 0.6) is 0 Å². The molecule has 0 unspecified atom stereocenters. The zero-order valence-corrected chi connectivity index (χ0v) is 8.13. The Morgan fingerprint density at radius 1 is 1.43 bits per heavy atom. The van der Waals surface area contributed by atoms with E-state index in [0.29, 0.717) is 0 Å². The summed E-state index contributed by atoms with van der Waals surface area (Å²) in [6.45, 7) is -0.304. The Morgan fingerprint density at radius 2 is 2.00 bits per heavy atom. The monoisotopic (exact) mass is 226 g/mol. The topological polar surface area (TPSA) is 122 Å². The van der Waals surface area contributed by atoms with E-state index in [1.807, 2.05) is 4.72 Å². The van der Waals surface area contributed by atoms with Gasteiger partial charge in [-0.25, -0.2) is 9.52 Å². The minimum atomic E-state index is -4.03. The SMILES string of the molecule is COC(=O)NS(=O)(=O)NCCC(=O)O. The summed E-state index contributed by atoms with van der Waals surface area (Å²) < 4.78 is 29.1. The van der Waals surface area contributed by atoms with Crippen LogP contribution >= 0.6 is 0 Å². The minimum Gasteiger partial charge on any atom is -0.481 e. The van der Waals surface area contributed by atoms with E-state index in [1.54, 1.807) is 0 Å². The van der Waals surface area contributed by atoms with E-state index in [1.165, 1.54) is 4.72 Å². The molecule has 0 aliphatic carbocycles. The van der Waals surface area contributed by atoms with Crippen molar-refractivity contribution in [2.75, 3.05) is 13.7 Å². The first-order valence-corrected chi connectivity index (χ1v) is 4.93. The normalized spacial score (nSPS) is 10.6. The lowest BCUT2D eigenvalue weighted by Gasteiger charge is -2.05. The first-order chi connectivity index (χ1) is 6.37. The third-order valence-electron chi connectivity index (χ3n) is 1.03. The number of aliphatic carboxylic acids is 1. The predicted molar refractivity (Wildman–Crippen MR) is 44.7 cm³/mol. The predicted octanol–water partition coefficient (Wildman–Crippen LogP) is -1.35. The van der Waals surface area contributed by atoms with Crippen molar-refractivity contribution < 1.29 is 27.9 Å². The summed E-state index contributed by atoms with van der Waals surface area (Å²) in [6.07, 6.45) is -1.52. The van der Waals surface area contributed by atoms with Crippen LogP contribution in [0.25, 0.3) is 0 Å². The van der Waals surface area contributed by atoms with Gasteiger partial charge < -0.3 is 9.84 Å². The zero-order valence-electron chi connectivity index (χ0n) is 7.31. The third kappa shape index (κ3) is 6.20. The molecule has 0 aromatic heterocycles. The van der Waals surface area contributed by atoms with Crippen molar-refractivity contribution in [2.24, 2.45) is 0 Å². The van der Waals surface area contributed by atoms with Crippen molar-refractivity contribution >= 4 is 22.3 Å². The van der Waals surface area contributed by atoms with Crippen LogP contribution < -0.4 is 9.44 Å². The summed E-state index contributed by atoms with van der Waals surface area (Å²) in [5, 5.41) is 8.19. The second-order valence-electron chi connectivity index (χ2n) is 2.14. The molecule has 0 spiro atoms. The number of carbonyl (C=O) groups is 2. The van der Waals surface area contributed by atoms with E-state index < -0.39 is 22.3 Å². The number of hydrogen-bond acceptors (Lipinski definition) is 5. The number of carbonyl (C=O) groups excluding carboxylic acids is 1. The van der Waals surface area contributed by atoms with Crippen molar-refractivity contribution in [1.29, 1.82) is 0 Å². The Labute approximate surface area is 80.4 Å². The number of amides is 1. The fourth-order valence-electron chi connectivity index (χ4n) is 0.480. The minimum absolute atomic E-state index is 0.304. The van der Waals surface area contributed by atoms with Crippen LogP contribution in [0.1, 0.15) is 6.42 Å². The maximum absolute atomic E-state index is 10.9. The van der Waals surface area contributed by atoms with Gasteiger partial charge in [-0.2, -0.15) is 13.1 Å². The molecular weight excluding hydrogens is 216 g/mol. The van der Waals surface area contributed by atoms with Gasteiger partial charge in [0.25, 0.3) is 0 Å². The lowest BCUT2D eigenvalue weighted by atomic mass is 10.5. The van der Waals surface area contributed by atoms with E-state index in [0.717, 1.165) is 7.11 Å². The molecule has 0 aliphatic rings. The average molecular weight is 226 g/mol. The molecule has 0 aromatic carbocycles. The van der Waals surface area contributed by atoms with Crippen LogP contribution in [0, 0.1) is 0 Å². The quantitative estimate of drug-likeness (QED) is 0.533. The molecule has 0 atom stereocenters. The molecule has 0 fully saturated rings. The van der Waals surface area contributed by atoms with Gasteiger partial charge in [0.2, 0.25) is 0 Å². The lowest BCUT2D eigenvalue weighted by molar-refractivity contribution is -0.136. The lowest BCUT2D eigenvalue weighted by Crippen LogP contribution is -2.40. The van der Waals surface area contributed by atoms with Crippen LogP contribution in [-0.4, -0.2) is 39.2 Å². The molecule has 1 amide bonds. The highest BCUT2D eigenvalue weighted by atomic mass is 32.2. The molecule has 0 saturated carbocycles. The Balaban J connectivity index is 3.96. The Kier molecular flexibility index (Phi) is 4.87. The zero-order chi connectivity index (χ0) is 11.2. The molecule has 0 bridgehead atoms. The fraction of sp³-hybridized carbons (Fsp3) is 0.600. The van der Waals surface area contributed by atoms with Gasteiger partial charge in [0.1, 0.15) is 0 Å². The van der Waals surface area contributed by atoms with Crippen LogP contribution in [0.3, 0.4) is 0 Å². The number of hydrogen-bond donors (Lipinski definition) is 3. The maximum atomic E-state index is 10.9. The van der Waals surface area contributed by atoms with Gasteiger partial charge in [0.05, 0.1) is 13.5 Å². The van der Waals surface area contributed by atoms with Crippen molar-refractivity contribution in [1.82, 2.24) is 9.44 Å². The van der Waals surface area contributed by atoms with Gasteiger partial charge in [-0.05, 0) is 0 Å². The number of ether oxygens (including phenoxy) is 1. The number of nitrogens with one attached hydrogen (secondary N) is 2. The highest BCUT2D eigenvalue weighted by molar-refractivity contribution is 7.88. The standard InChI is InChI=1S/C5H10N2O6S/c1-13-5(10)7-14(11,12)6-3-2-4(8)9/h6H,2-3H2,1H3,(H,7,10)(H,8,9). The molecule has 3 N–H and O–H groups in total. The van der Waals surface area contributed by atoms with E-state index in [-0.39, 0.29) is 13.0 Å². The van der Waals surface area contributed by atoms with Gasteiger partial charge in [0.15, 0.2) is 0 Å². The molecular formula is C5H10N2O6S. The second-order valence-corrected chi connectivity index (χ2v) is 3.63. The number of methoxy groups -OCH3 is 1. The van der Waals surface area contributed by atoms with Crippen molar-refractivity contribution in [2.45, 2.75) is 6.42 Å². The molecule has 0 rings (SSSR count). The Hall–Kier alpha value is -1.35. The smallest absolute Gasteiger partial charge is 0.421 e. The van der Waals surface area contributed by atoms with Crippen molar-refractivity contribution in [3.05, 3.63) is 0 Å². The van der Waals surface area contributed by atoms with Crippen LogP contribution in [-0.2, 0) is 19.7 Å². The molecule has 0 aliphatic heterocycles. The van der Waals surface area contributed by atoms with Gasteiger partial charge in [-0.15, -0.1) is 0 Å². The van der Waals surface area contributed by atoms with Gasteiger partial charge in [-0.3, -0.25) is 4.79 Å².